The van der Waals surface area contributed by atoms with Crippen molar-refractivity contribution in [3.05, 3.63) is 111 Å². The predicted molar refractivity (Wildman–Crippen MR) is 153 cm³/mol. The number of hydrogen-bond acceptors (Lipinski definition) is 5. The van der Waals surface area contributed by atoms with Crippen LogP contribution in [0.15, 0.2) is 78.3 Å². The third-order valence-corrected chi connectivity index (χ3v) is 7.98. The average molecular weight is 559 g/mol. The van der Waals surface area contributed by atoms with Gasteiger partial charge in [0.05, 0.1) is 6.54 Å². The van der Waals surface area contributed by atoms with E-state index >= 15 is 0 Å². The van der Waals surface area contributed by atoms with E-state index in [1.807, 2.05) is 89.8 Å². The second-order valence-electron chi connectivity index (χ2n) is 9.55. The highest BCUT2D eigenvalue weighted by Gasteiger charge is 2.35. The zero-order chi connectivity index (χ0) is 26.9. The lowest BCUT2D eigenvalue weighted by molar-refractivity contribution is 0.135. The molecule has 39 heavy (non-hydrogen) atoms. The van der Waals surface area contributed by atoms with Crippen LogP contribution in [-0.2, 0) is 13.0 Å². The van der Waals surface area contributed by atoms with Gasteiger partial charge in [0.2, 0.25) is 0 Å². The number of H-pyrrole nitrogens is 1. The van der Waals surface area contributed by atoms with Gasteiger partial charge in [-0.15, -0.1) is 11.3 Å². The first kappa shape index (κ1) is 25.3. The van der Waals surface area contributed by atoms with Crippen molar-refractivity contribution in [2.24, 2.45) is 0 Å². The van der Waals surface area contributed by atoms with Gasteiger partial charge in [-0.05, 0) is 66.9 Å². The van der Waals surface area contributed by atoms with Crippen LogP contribution in [0.4, 0.5) is 4.79 Å². The van der Waals surface area contributed by atoms with Gasteiger partial charge in [-0.3, -0.25) is 10.3 Å². The van der Waals surface area contributed by atoms with Gasteiger partial charge in [0.1, 0.15) is 24.1 Å². The third-order valence-electron chi connectivity index (χ3n) is 7.03. The zero-order valence-corrected chi connectivity index (χ0v) is 22.9. The molecule has 1 amide bonds. The summed E-state index contributed by atoms with van der Waals surface area (Å²) in [6.45, 7) is 3.56. The van der Waals surface area contributed by atoms with E-state index in [0.29, 0.717) is 41.7 Å². The van der Waals surface area contributed by atoms with Crippen molar-refractivity contribution < 1.29 is 14.3 Å². The number of ether oxygens (including phenoxy) is 2. The van der Waals surface area contributed by atoms with Crippen LogP contribution in [-0.4, -0.2) is 33.7 Å². The molecule has 2 aromatic heterocycles. The van der Waals surface area contributed by atoms with E-state index < -0.39 is 6.09 Å². The maximum absolute atomic E-state index is 13.5. The van der Waals surface area contributed by atoms with E-state index in [-0.39, 0.29) is 6.04 Å². The normalized spacial score (nSPS) is 14.8. The monoisotopic (exact) mass is 558 g/mol. The fourth-order valence-electron chi connectivity index (χ4n) is 5.06. The lowest BCUT2D eigenvalue weighted by Gasteiger charge is -2.35. The molecule has 2 N–H and O–H groups in total. The first-order valence-corrected chi connectivity index (χ1v) is 14.0. The highest BCUT2D eigenvalue weighted by Crippen LogP contribution is 2.40. The molecule has 198 valence electrons. The van der Waals surface area contributed by atoms with E-state index in [1.165, 1.54) is 11.3 Å². The van der Waals surface area contributed by atoms with Gasteiger partial charge in [0.15, 0.2) is 4.80 Å². The van der Waals surface area contributed by atoms with E-state index in [9.17, 15) is 4.79 Å². The van der Waals surface area contributed by atoms with Crippen molar-refractivity contribution in [1.29, 1.82) is 5.41 Å². The molecular formula is C30H27ClN4O3S. The van der Waals surface area contributed by atoms with Crippen molar-refractivity contribution in [3.8, 4) is 11.5 Å². The molecule has 0 saturated carbocycles. The van der Waals surface area contributed by atoms with Crippen LogP contribution in [0.25, 0.3) is 10.9 Å². The minimum absolute atomic E-state index is 0.362. The minimum Gasteiger partial charge on any atom is -0.492 e. The van der Waals surface area contributed by atoms with Crippen molar-refractivity contribution in [3.63, 3.8) is 0 Å². The molecule has 7 nitrogen and oxygen atoms in total. The summed E-state index contributed by atoms with van der Waals surface area (Å²) in [4.78, 5) is 19.3. The molecule has 1 atom stereocenters. The Kier molecular flexibility index (Phi) is 6.89. The fraction of sp³-hybridized carbons (Fsp3) is 0.200. The number of nitrogens with zero attached hydrogens (tertiary/aromatic N) is 2. The Morgan fingerprint density at radius 2 is 1.87 bits per heavy atom. The van der Waals surface area contributed by atoms with Gasteiger partial charge in [-0.2, -0.15) is 0 Å². The number of aryl methyl sites for hydroxylation is 1. The van der Waals surface area contributed by atoms with Gasteiger partial charge < -0.3 is 19.0 Å². The predicted octanol–water partition coefficient (Wildman–Crippen LogP) is 6.70. The second-order valence-corrected chi connectivity index (χ2v) is 10.9. The molecule has 1 aliphatic rings. The number of amides is 1. The van der Waals surface area contributed by atoms with Crippen molar-refractivity contribution in [2.75, 3.05) is 13.2 Å². The molecule has 3 aromatic carbocycles. The average Bonchev–Trinajstić information content (AvgIpc) is 3.52. The van der Waals surface area contributed by atoms with Crippen LogP contribution in [0.5, 0.6) is 11.5 Å². The van der Waals surface area contributed by atoms with Crippen LogP contribution in [0.1, 0.15) is 28.4 Å². The summed E-state index contributed by atoms with van der Waals surface area (Å²) in [6.07, 6.45) is 2.18. The molecule has 0 fully saturated rings. The summed E-state index contributed by atoms with van der Waals surface area (Å²) in [5, 5.41) is 11.5. The second kappa shape index (κ2) is 10.6. The fourth-order valence-corrected chi connectivity index (χ4v) is 5.85. The number of carbonyl (C=O) groups excluding carboxylic acids is 1. The lowest BCUT2D eigenvalue weighted by Crippen LogP contribution is -2.42. The van der Waals surface area contributed by atoms with Crippen LogP contribution in [0.3, 0.4) is 0 Å². The first-order chi connectivity index (χ1) is 19.0. The molecule has 0 aliphatic carbocycles. The topological polar surface area (TPSA) is 83.3 Å². The number of aromatic amines is 1. The molecule has 1 unspecified atom stereocenters. The number of halogens is 1. The Morgan fingerprint density at radius 1 is 1.10 bits per heavy atom. The standard InChI is InChI=1S/C30H27ClN4O3S/c1-19-2-7-23(8-3-19)38-30(36)35-13-12-24-25-18-21(31)6-11-26(25)33-27(24)28(35)20-4-9-22(10-5-20)37-16-14-34-15-17-39-29(34)32/h2-11,15,17-18,28,32-33H,12-14,16H2,1H3. The van der Waals surface area contributed by atoms with E-state index in [4.69, 9.17) is 26.5 Å². The highest BCUT2D eigenvalue weighted by atomic mass is 35.5. The first-order valence-electron chi connectivity index (χ1n) is 12.7. The molecule has 3 heterocycles. The SMILES string of the molecule is Cc1ccc(OC(=O)N2CCc3c([nH]c4ccc(Cl)cc34)C2c2ccc(OCCn3ccsc3=N)cc2)cc1. The van der Waals surface area contributed by atoms with Crippen LogP contribution >= 0.6 is 22.9 Å². The number of nitrogens with one attached hydrogen (secondary N) is 2. The summed E-state index contributed by atoms with van der Waals surface area (Å²) in [6, 6.07) is 20.8. The molecule has 9 heteroatoms. The number of aromatic nitrogens is 2. The number of hydrogen-bond donors (Lipinski definition) is 2. The number of thiazole rings is 1. The minimum atomic E-state index is -0.398. The Labute approximate surface area is 234 Å². The van der Waals surface area contributed by atoms with Gasteiger partial charge in [-0.25, -0.2) is 4.79 Å². The quantitative estimate of drug-likeness (QED) is 0.243. The number of rotatable bonds is 6. The maximum atomic E-state index is 13.5. The molecule has 0 saturated heterocycles. The summed E-state index contributed by atoms with van der Waals surface area (Å²) < 4.78 is 13.6. The largest absolute Gasteiger partial charge is 0.492 e. The highest BCUT2D eigenvalue weighted by molar-refractivity contribution is 7.06. The van der Waals surface area contributed by atoms with Gasteiger partial charge in [0.25, 0.3) is 0 Å². The molecule has 5 aromatic rings. The van der Waals surface area contributed by atoms with Gasteiger partial charge >= 0.3 is 6.09 Å². The van der Waals surface area contributed by atoms with E-state index in [0.717, 1.165) is 39.0 Å². The molecule has 0 radical (unpaired) electrons. The van der Waals surface area contributed by atoms with E-state index in [2.05, 4.69) is 4.98 Å². The molecule has 1 aliphatic heterocycles. The Morgan fingerprint density at radius 3 is 2.62 bits per heavy atom. The molecular weight excluding hydrogens is 532 g/mol. The molecule has 0 spiro atoms. The van der Waals surface area contributed by atoms with Crippen molar-refractivity contribution >= 4 is 39.9 Å². The van der Waals surface area contributed by atoms with Crippen molar-refractivity contribution in [2.45, 2.75) is 25.9 Å². The molecule has 6 rings (SSSR count). The third kappa shape index (κ3) is 5.17. The Hall–Kier alpha value is -4.01. The maximum Gasteiger partial charge on any atom is 0.416 e. The van der Waals surface area contributed by atoms with Crippen LogP contribution in [0, 0.1) is 12.3 Å². The summed E-state index contributed by atoms with van der Waals surface area (Å²) in [5.41, 5.74) is 5.16. The Bertz CT molecular complexity index is 1690. The Balaban J connectivity index is 1.29. The van der Waals surface area contributed by atoms with E-state index in [1.54, 1.807) is 4.90 Å². The zero-order valence-electron chi connectivity index (χ0n) is 21.3. The van der Waals surface area contributed by atoms with Crippen molar-refractivity contribution in [1.82, 2.24) is 14.5 Å². The van der Waals surface area contributed by atoms with Crippen LogP contribution in [0.2, 0.25) is 5.02 Å². The van der Waals surface area contributed by atoms with Crippen LogP contribution < -0.4 is 14.3 Å². The van der Waals surface area contributed by atoms with Gasteiger partial charge in [-0.1, -0.05) is 41.4 Å². The summed E-state index contributed by atoms with van der Waals surface area (Å²) >= 11 is 7.72. The molecule has 0 bridgehead atoms. The smallest absolute Gasteiger partial charge is 0.416 e. The summed E-state index contributed by atoms with van der Waals surface area (Å²) in [7, 11) is 0. The van der Waals surface area contributed by atoms with Gasteiger partial charge in [0, 0.05) is 39.7 Å². The number of carbonyl (C=O) groups is 1. The summed E-state index contributed by atoms with van der Waals surface area (Å²) in [5.74, 6) is 1.25. The number of benzene rings is 3. The lowest BCUT2D eigenvalue weighted by atomic mass is 9.92. The number of fused-ring (bicyclic) bond motifs is 3.